The Morgan fingerprint density at radius 3 is 2.38 bits per heavy atom. The van der Waals surface area contributed by atoms with Crippen LogP contribution in [0.5, 0.6) is 0 Å². The number of nitrogens with zero attached hydrogens (tertiary/aromatic N) is 1. The van der Waals surface area contributed by atoms with Gasteiger partial charge in [-0.2, -0.15) is 0 Å². The summed E-state index contributed by atoms with van der Waals surface area (Å²) in [6.07, 6.45) is 6.08. The monoisotopic (exact) mass is 294 g/mol. The third-order valence-corrected chi connectivity index (χ3v) is 4.47. The van der Waals surface area contributed by atoms with Crippen molar-refractivity contribution in [2.45, 2.75) is 57.2 Å². The molecule has 2 unspecified atom stereocenters. The molecule has 0 aliphatic heterocycles. The van der Waals surface area contributed by atoms with Gasteiger partial charge in [0.15, 0.2) is 0 Å². The molecule has 0 saturated heterocycles. The number of benzene rings is 1. The largest absolute Gasteiger partial charge is 0.395 e. The summed E-state index contributed by atoms with van der Waals surface area (Å²) in [7, 11) is 0. The van der Waals surface area contributed by atoms with Crippen LogP contribution in [0.3, 0.4) is 0 Å². The van der Waals surface area contributed by atoms with Crippen molar-refractivity contribution >= 4 is 0 Å². The molecule has 1 saturated carbocycles. The fraction of sp³-hybridized carbons (Fsp3) is 0.647. The lowest BCUT2D eigenvalue weighted by Gasteiger charge is -2.41. The molecule has 1 aliphatic rings. The SMILES string of the molecule is CC(N)C(c1ccc(F)cc1)N(CCO)C1CCCCC1. The van der Waals surface area contributed by atoms with Crippen LogP contribution in [-0.4, -0.2) is 35.2 Å². The Kier molecular flexibility index (Phi) is 6.15. The topological polar surface area (TPSA) is 49.5 Å². The third-order valence-electron chi connectivity index (χ3n) is 4.47. The summed E-state index contributed by atoms with van der Waals surface area (Å²) in [4.78, 5) is 2.33. The maximum atomic E-state index is 13.2. The Bertz CT molecular complexity index is 415. The van der Waals surface area contributed by atoms with E-state index in [1.165, 1.54) is 31.4 Å². The standard InChI is InChI=1S/C17H27FN2O/c1-13(19)17(14-7-9-15(18)10-8-14)20(11-12-21)16-5-3-2-4-6-16/h7-10,13,16-17,21H,2-6,11-12,19H2,1H3. The van der Waals surface area contributed by atoms with Gasteiger partial charge in [0.05, 0.1) is 6.61 Å². The molecule has 0 aromatic heterocycles. The predicted octanol–water partition coefficient (Wildman–Crippen LogP) is 2.84. The minimum Gasteiger partial charge on any atom is -0.395 e. The number of rotatable bonds is 6. The van der Waals surface area contributed by atoms with E-state index in [0.29, 0.717) is 12.6 Å². The predicted molar refractivity (Wildman–Crippen MR) is 83.5 cm³/mol. The fourth-order valence-corrected chi connectivity index (χ4v) is 3.53. The van der Waals surface area contributed by atoms with Gasteiger partial charge >= 0.3 is 0 Å². The van der Waals surface area contributed by atoms with Gasteiger partial charge in [-0.05, 0) is 37.5 Å². The highest BCUT2D eigenvalue weighted by Crippen LogP contribution is 2.31. The first-order chi connectivity index (χ1) is 10.1. The highest BCUT2D eigenvalue weighted by molar-refractivity contribution is 5.22. The Morgan fingerprint density at radius 1 is 1.24 bits per heavy atom. The van der Waals surface area contributed by atoms with Gasteiger partial charge in [0.2, 0.25) is 0 Å². The molecule has 118 valence electrons. The number of aliphatic hydroxyl groups excluding tert-OH is 1. The lowest BCUT2D eigenvalue weighted by molar-refractivity contribution is 0.0699. The highest BCUT2D eigenvalue weighted by Gasteiger charge is 2.30. The van der Waals surface area contributed by atoms with Crippen molar-refractivity contribution in [1.29, 1.82) is 0 Å². The molecule has 21 heavy (non-hydrogen) atoms. The molecule has 3 N–H and O–H groups in total. The van der Waals surface area contributed by atoms with E-state index in [1.54, 1.807) is 0 Å². The summed E-state index contributed by atoms with van der Waals surface area (Å²) in [6.45, 7) is 2.73. The maximum Gasteiger partial charge on any atom is 0.123 e. The molecule has 1 aromatic carbocycles. The molecule has 4 heteroatoms. The summed E-state index contributed by atoms with van der Waals surface area (Å²) < 4.78 is 13.2. The van der Waals surface area contributed by atoms with E-state index in [0.717, 1.165) is 18.4 Å². The van der Waals surface area contributed by atoms with Gasteiger partial charge < -0.3 is 10.8 Å². The molecule has 0 spiro atoms. The van der Waals surface area contributed by atoms with Crippen molar-refractivity contribution < 1.29 is 9.50 Å². The van der Waals surface area contributed by atoms with Crippen molar-refractivity contribution in [2.24, 2.45) is 5.73 Å². The van der Waals surface area contributed by atoms with Gasteiger partial charge in [-0.25, -0.2) is 4.39 Å². The van der Waals surface area contributed by atoms with E-state index in [4.69, 9.17) is 5.73 Å². The van der Waals surface area contributed by atoms with Crippen LogP contribution < -0.4 is 5.73 Å². The highest BCUT2D eigenvalue weighted by atomic mass is 19.1. The molecular weight excluding hydrogens is 267 g/mol. The molecule has 1 fully saturated rings. The summed E-state index contributed by atoms with van der Waals surface area (Å²) >= 11 is 0. The average Bonchev–Trinajstić information content (AvgIpc) is 2.49. The average molecular weight is 294 g/mol. The number of hydrogen-bond donors (Lipinski definition) is 2. The van der Waals surface area contributed by atoms with Gasteiger partial charge in [0, 0.05) is 24.7 Å². The van der Waals surface area contributed by atoms with Crippen LogP contribution in [0.15, 0.2) is 24.3 Å². The zero-order valence-electron chi connectivity index (χ0n) is 12.8. The lowest BCUT2D eigenvalue weighted by atomic mass is 9.90. The second-order valence-electron chi connectivity index (χ2n) is 6.11. The lowest BCUT2D eigenvalue weighted by Crippen LogP contribution is -2.47. The van der Waals surface area contributed by atoms with Gasteiger partial charge in [-0.15, -0.1) is 0 Å². The molecule has 0 bridgehead atoms. The van der Waals surface area contributed by atoms with Crippen LogP contribution in [0.1, 0.15) is 50.6 Å². The number of nitrogens with two attached hydrogens (primary N) is 1. The van der Waals surface area contributed by atoms with Crippen LogP contribution in [0.2, 0.25) is 0 Å². The number of halogens is 1. The van der Waals surface area contributed by atoms with Crippen molar-refractivity contribution in [3.63, 3.8) is 0 Å². The smallest absolute Gasteiger partial charge is 0.123 e. The summed E-state index contributed by atoms with van der Waals surface area (Å²) in [5.74, 6) is -0.228. The van der Waals surface area contributed by atoms with Crippen molar-refractivity contribution in [3.05, 3.63) is 35.6 Å². The van der Waals surface area contributed by atoms with Gasteiger partial charge in [-0.1, -0.05) is 31.4 Å². The first-order valence-corrected chi connectivity index (χ1v) is 8.01. The van der Waals surface area contributed by atoms with Crippen molar-refractivity contribution in [2.75, 3.05) is 13.2 Å². The molecule has 0 radical (unpaired) electrons. The van der Waals surface area contributed by atoms with Crippen molar-refractivity contribution in [3.8, 4) is 0 Å². The van der Waals surface area contributed by atoms with Gasteiger partial charge in [0.1, 0.15) is 5.82 Å². The fourth-order valence-electron chi connectivity index (χ4n) is 3.53. The van der Waals surface area contributed by atoms with E-state index >= 15 is 0 Å². The molecule has 1 aliphatic carbocycles. The van der Waals surface area contributed by atoms with Crippen LogP contribution in [-0.2, 0) is 0 Å². The Morgan fingerprint density at radius 2 is 1.86 bits per heavy atom. The second kappa shape index (κ2) is 7.87. The van der Waals surface area contributed by atoms with Crippen molar-refractivity contribution in [1.82, 2.24) is 4.90 Å². The first-order valence-electron chi connectivity index (χ1n) is 8.01. The van der Waals surface area contributed by atoms with E-state index in [1.807, 2.05) is 19.1 Å². The van der Waals surface area contributed by atoms with Crippen LogP contribution in [0.4, 0.5) is 4.39 Å². The minimum absolute atomic E-state index is 0.0286. The number of hydrogen-bond acceptors (Lipinski definition) is 3. The van der Waals surface area contributed by atoms with E-state index < -0.39 is 0 Å². The molecule has 3 nitrogen and oxygen atoms in total. The second-order valence-corrected chi connectivity index (χ2v) is 6.11. The molecule has 0 heterocycles. The summed E-state index contributed by atoms with van der Waals surface area (Å²) in [5, 5.41) is 9.45. The molecule has 2 atom stereocenters. The number of aliphatic hydroxyl groups is 1. The quantitative estimate of drug-likeness (QED) is 0.848. The normalized spacial score (nSPS) is 19.7. The van der Waals surface area contributed by atoms with Gasteiger partial charge in [-0.3, -0.25) is 4.90 Å². The third kappa shape index (κ3) is 4.25. The summed E-state index contributed by atoms with van der Waals surface area (Å²) in [6, 6.07) is 7.04. The van der Waals surface area contributed by atoms with E-state index in [9.17, 15) is 9.50 Å². The zero-order chi connectivity index (χ0) is 15.2. The van der Waals surface area contributed by atoms with Crippen LogP contribution >= 0.6 is 0 Å². The zero-order valence-corrected chi connectivity index (χ0v) is 12.8. The maximum absolute atomic E-state index is 13.2. The molecule has 0 amide bonds. The molecule has 2 rings (SSSR count). The van der Waals surface area contributed by atoms with Gasteiger partial charge in [0.25, 0.3) is 0 Å². The van der Waals surface area contributed by atoms with E-state index in [-0.39, 0.29) is 24.5 Å². The first kappa shape index (κ1) is 16.4. The van der Waals surface area contributed by atoms with Crippen LogP contribution in [0, 0.1) is 5.82 Å². The molecule has 1 aromatic rings. The van der Waals surface area contributed by atoms with E-state index in [2.05, 4.69) is 4.90 Å². The van der Waals surface area contributed by atoms with Crippen LogP contribution in [0.25, 0.3) is 0 Å². The summed E-state index contributed by atoms with van der Waals surface area (Å²) in [5.41, 5.74) is 7.26. The molecular formula is C17H27FN2O. The minimum atomic E-state index is -0.228. The Balaban J connectivity index is 2.24. The Hall–Kier alpha value is -0.970. The Labute approximate surface area is 126 Å².